The molecule has 2 fully saturated rings. The summed E-state index contributed by atoms with van der Waals surface area (Å²) in [6.07, 6.45) is -2.82. The minimum atomic E-state index is -4.39. The van der Waals surface area contributed by atoms with E-state index < -0.39 is 17.7 Å². The number of hydrogen-bond acceptors (Lipinski definition) is 5. The first-order valence-corrected chi connectivity index (χ1v) is 9.42. The van der Waals surface area contributed by atoms with Crippen molar-refractivity contribution in [1.29, 1.82) is 0 Å². The van der Waals surface area contributed by atoms with Gasteiger partial charge in [-0.2, -0.15) is 13.2 Å². The normalized spacial score (nSPS) is 21.9. The van der Waals surface area contributed by atoms with Gasteiger partial charge >= 0.3 is 12.1 Å². The number of anilines is 2. The van der Waals surface area contributed by atoms with Gasteiger partial charge in [0.05, 0.1) is 5.56 Å². The largest absolute Gasteiger partial charge is 0.477 e. The van der Waals surface area contributed by atoms with Gasteiger partial charge in [-0.25, -0.2) is 14.8 Å². The quantitative estimate of drug-likeness (QED) is 0.840. The molecule has 3 heterocycles. The number of carboxylic acids is 1. The number of alkyl halides is 3. The minimum Gasteiger partial charge on any atom is -0.477 e. The third-order valence-electron chi connectivity index (χ3n) is 5.77. The van der Waals surface area contributed by atoms with E-state index in [0.717, 1.165) is 18.9 Å². The van der Waals surface area contributed by atoms with Crippen LogP contribution in [0.1, 0.15) is 34.6 Å². The summed E-state index contributed by atoms with van der Waals surface area (Å²) in [6.45, 7) is 4.04. The van der Waals surface area contributed by atoms with Crippen LogP contribution in [0.15, 0.2) is 30.3 Å². The molecule has 2 aromatic rings. The van der Waals surface area contributed by atoms with Crippen LogP contribution in [0, 0.1) is 12.3 Å². The van der Waals surface area contributed by atoms with Gasteiger partial charge in [-0.3, -0.25) is 0 Å². The molecule has 2 aliphatic rings. The molecular formula is C20H21F3N4O2. The number of rotatable bonds is 3. The molecule has 29 heavy (non-hydrogen) atoms. The van der Waals surface area contributed by atoms with Gasteiger partial charge in [-0.1, -0.05) is 12.1 Å². The minimum absolute atomic E-state index is 0.0550. The average Bonchev–Trinajstić information content (AvgIpc) is 3.28. The van der Waals surface area contributed by atoms with Crippen LogP contribution in [-0.4, -0.2) is 47.2 Å². The third kappa shape index (κ3) is 3.73. The van der Waals surface area contributed by atoms with Gasteiger partial charge in [-0.15, -0.1) is 0 Å². The molecule has 0 aliphatic carbocycles. The molecule has 0 bridgehead atoms. The Morgan fingerprint density at radius 1 is 1.10 bits per heavy atom. The molecule has 154 valence electrons. The molecule has 9 heteroatoms. The van der Waals surface area contributed by atoms with Gasteiger partial charge < -0.3 is 14.9 Å². The van der Waals surface area contributed by atoms with Gasteiger partial charge in [0, 0.05) is 43.0 Å². The molecule has 6 nitrogen and oxygen atoms in total. The summed E-state index contributed by atoms with van der Waals surface area (Å²) in [5.74, 6) is -0.741. The van der Waals surface area contributed by atoms with Crippen molar-refractivity contribution in [2.75, 3.05) is 36.0 Å². The highest BCUT2D eigenvalue weighted by atomic mass is 19.4. The maximum Gasteiger partial charge on any atom is 0.418 e. The molecule has 0 radical (unpaired) electrons. The Morgan fingerprint density at radius 2 is 1.76 bits per heavy atom. The van der Waals surface area contributed by atoms with Crippen molar-refractivity contribution < 1.29 is 23.1 Å². The Balaban J connectivity index is 1.54. The van der Waals surface area contributed by atoms with Gasteiger partial charge in [0.2, 0.25) is 5.95 Å². The van der Waals surface area contributed by atoms with Crippen molar-refractivity contribution >= 4 is 17.6 Å². The number of carbonyl (C=O) groups is 1. The van der Waals surface area contributed by atoms with Crippen LogP contribution in [0.2, 0.25) is 0 Å². The highest BCUT2D eigenvalue weighted by Crippen LogP contribution is 2.44. The highest BCUT2D eigenvalue weighted by molar-refractivity contribution is 5.85. The van der Waals surface area contributed by atoms with E-state index in [1.54, 1.807) is 13.0 Å². The smallest absolute Gasteiger partial charge is 0.418 e. The number of benzene rings is 1. The number of halogens is 3. The second-order valence-electron chi connectivity index (χ2n) is 7.86. The van der Waals surface area contributed by atoms with Crippen molar-refractivity contribution in [2.24, 2.45) is 5.41 Å². The summed E-state index contributed by atoms with van der Waals surface area (Å²) in [5, 5.41) is 9.23. The predicted molar refractivity (Wildman–Crippen MR) is 101 cm³/mol. The highest BCUT2D eigenvalue weighted by Gasteiger charge is 2.46. The van der Waals surface area contributed by atoms with Crippen molar-refractivity contribution in [1.82, 2.24) is 9.97 Å². The maximum atomic E-state index is 13.4. The molecule has 2 saturated heterocycles. The van der Waals surface area contributed by atoms with Crippen molar-refractivity contribution in [3.05, 3.63) is 47.3 Å². The first-order chi connectivity index (χ1) is 13.7. The third-order valence-corrected chi connectivity index (χ3v) is 5.77. The second-order valence-corrected chi connectivity index (χ2v) is 7.86. The summed E-state index contributed by atoms with van der Waals surface area (Å²) >= 11 is 0. The molecule has 0 amide bonds. The lowest BCUT2D eigenvalue weighted by molar-refractivity contribution is -0.137. The Bertz CT molecular complexity index is 950. The van der Waals surface area contributed by atoms with Crippen LogP contribution in [0.3, 0.4) is 0 Å². The lowest BCUT2D eigenvalue weighted by Gasteiger charge is -2.27. The lowest BCUT2D eigenvalue weighted by Crippen LogP contribution is -2.32. The topological polar surface area (TPSA) is 69.6 Å². The fourth-order valence-corrected chi connectivity index (χ4v) is 4.37. The number of carboxylic acid groups (broad SMARTS) is 1. The number of aryl methyl sites for hydroxylation is 1. The average molecular weight is 406 g/mol. The number of hydrogen-bond donors (Lipinski definition) is 1. The zero-order valence-electron chi connectivity index (χ0n) is 15.9. The van der Waals surface area contributed by atoms with E-state index in [2.05, 4.69) is 9.97 Å². The first kappa shape index (κ1) is 19.5. The first-order valence-electron chi connectivity index (χ1n) is 9.42. The van der Waals surface area contributed by atoms with Crippen LogP contribution >= 0.6 is 0 Å². The maximum absolute atomic E-state index is 13.4. The SMILES string of the molecule is Cc1cc(C(=O)O)nc(N2CCC3(CCN(c4ccccc4C(F)(F)F)C3)C2)n1. The number of nitrogens with zero attached hydrogens (tertiary/aromatic N) is 4. The summed E-state index contributed by atoms with van der Waals surface area (Å²) in [7, 11) is 0. The van der Waals surface area contributed by atoms with Crippen LogP contribution in [-0.2, 0) is 6.18 Å². The summed E-state index contributed by atoms with van der Waals surface area (Å²) < 4.78 is 40.2. The number of para-hydroxylation sites is 1. The molecular weight excluding hydrogens is 385 g/mol. The summed E-state index contributed by atoms with van der Waals surface area (Å²) in [6, 6.07) is 7.10. The summed E-state index contributed by atoms with van der Waals surface area (Å²) in [4.78, 5) is 23.5. The second kappa shape index (κ2) is 6.89. The molecule has 1 unspecified atom stereocenters. The molecule has 1 spiro atoms. The number of aromatic carboxylic acids is 1. The molecule has 1 aromatic heterocycles. The molecule has 0 saturated carbocycles. The van der Waals surface area contributed by atoms with Crippen LogP contribution in [0.25, 0.3) is 0 Å². The van der Waals surface area contributed by atoms with Gasteiger partial charge in [-0.05, 0) is 38.0 Å². The Kier molecular flexibility index (Phi) is 4.63. The van der Waals surface area contributed by atoms with Gasteiger partial charge in [0.25, 0.3) is 0 Å². The Labute approximate surface area is 166 Å². The van der Waals surface area contributed by atoms with E-state index in [1.165, 1.54) is 18.2 Å². The fourth-order valence-electron chi connectivity index (χ4n) is 4.37. The van der Waals surface area contributed by atoms with Crippen LogP contribution < -0.4 is 9.80 Å². The Morgan fingerprint density at radius 3 is 2.45 bits per heavy atom. The summed E-state index contributed by atoms with van der Waals surface area (Å²) in [5.41, 5.74) is -0.0359. The van der Waals surface area contributed by atoms with Crippen molar-refractivity contribution in [2.45, 2.75) is 25.9 Å². The number of aromatic nitrogens is 2. The van der Waals surface area contributed by atoms with E-state index in [4.69, 9.17) is 0 Å². The molecule has 2 aliphatic heterocycles. The van der Waals surface area contributed by atoms with E-state index in [1.807, 2.05) is 9.80 Å². The van der Waals surface area contributed by atoms with Crippen LogP contribution in [0.4, 0.5) is 24.8 Å². The predicted octanol–water partition coefficient (Wildman–Crippen LogP) is 3.61. The molecule has 1 atom stereocenters. The van der Waals surface area contributed by atoms with Gasteiger partial charge in [0.1, 0.15) is 0 Å². The lowest BCUT2D eigenvalue weighted by atomic mass is 9.86. The van der Waals surface area contributed by atoms with Crippen LogP contribution in [0.5, 0.6) is 0 Å². The monoisotopic (exact) mass is 406 g/mol. The fraction of sp³-hybridized carbons (Fsp3) is 0.450. The molecule has 1 N–H and O–H groups in total. The zero-order chi connectivity index (χ0) is 20.8. The van der Waals surface area contributed by atoms with Gasteiger partial charge in [0.15, 0.2) is 5.69 Å². The molecule has 1 aromatic carbocycles. The molecule has 4 rings (SSSR count). The Hall–Kier alpha value is -2.84. The van der Waals surface area contributed by atoms with Crippen molar-refractivity contribution in [3.63, 3.8) is 0 Å². The van der Waals surface area contributed by atoms with E-state index in [0.29, 0.717) is 37.8 Å². The van der Waals surface area contributed by atoms with E-state index in [-0.39, 0.29) is 16.8 Å². The standard InChI is InChI=1S/C20H21F3N4O2/c1-13-10-15(17(28)29)25-18(24-13)27-9-7-19(12-27)6-8-26(11-19)16-5-3-2-4-14(16)20(21,22)23/h2-5,10H,6-9,11-12H2,1H3,(H,28,29). The van der Waals surface area contributed by atoms with Crippen molar-refractivity contribution in [3.8, 4) is 0 Å². The zero-order valence-corrected chi connectivity index (χ0v) is 15.9. The van der Waals surface area contributed by atoms with E-state index in [9.17, 15) is 23.1 Å². The van der Waals surface area contributed by atoms with E-state index >= 15 is 0 Å².